The molecule has 0 spiro atoms. The molecule has 0 bridgehead atoms. The van der Waals surface area contributed by atoms with Crippen LogP contribution >= 0.6 is 0 Å². The number of nitrogens with one attached hydrogen (secondary N) is 3. The average Bonchev–Trinajstić information content (AvgIpc) is 2.75. The molecule has 0 radical (unpaired) electrons. The maximum absolute atomic E-state index is 12.4. The zero-order valence-electron chi connectivity index (χ0n) is 15.4. The summed E-state index contributed by atoms with van der Waals surface area (Å²) in [5.41, 5.74) is 1.89. The van der Waals surface area contributed by atoms with Gasteiger partial charge in [0.1, 0.15) is 6.61 Å². The van der Waals surface area contributed by atoms with E-state index in [9.17, 15) is 9.59 Å². The summed E-state index contributed by atoms with van der Waals surface area (Å²) >= 11 is 0. The summed E-state index contributed by atoms with van der Waals surface area (Å²) in [6.07, 6.45) is -0.737. The number of carbonyl (C=O) groups is 2. The maximum atomic E-state index is 12.4. The Morgan fingerprint density at radius 3 is 1.93 bits per heavy atom. The van der Waals surface area contributed by atoms with Crippen molar-refractivity contribution in [2.45, 2.75) is 6.10 Å². The van der Waals surface area contributed by atoms with Crippen LogP contribution in [0, 0.1) is 0 Å². The number of carbonyl (C=O) groups excluding carboxylic acids is 2. The second kappa shape index (κ2) is 8.35. The van der Waals surface area contributed by atoms with Crippen LogP contribution in [0.5, 0.6) is 11.5 Å². The van der Waals surface area contributed by atoms with Crippen LogP contribution in [0.2, 0.25) is 0 Å². The van der Waals surface area contributed by atoms with Crippen molar-refractivity contribution < 1.29 is 19.1 Å². The lowest BCUT2D eigenvalue weighted by Crippen LogP contribution is -2.40. The lowest BCUT2D eigenvalue weighted by Gasteiger charge is -2.25. The first kappa shape index (κ1) is 18.4. The minimum absolute atomic E-state index is 0.141. The first-order valence-corrected chi connectivity index (χ1v) is 9.10. The molecule has 1 atom stereocenters. The number of benzene rings is 3. The molecule has 3 aromatic rings. The molecule has 7 nitrogen and oxygen atoms in total. The number of anilines is 3. The van der Waals surface area contributed by atoms with Gasteiger partial charge < -0.3 is 25.4 Å². The van der Waals surface area contributed by atoms with Crippen LogP contribution in [-0.4, -0.2) is 24.6 Å². The first-order chi connectivity index (χ1) is 14.2. The fourth-order valence-electron chi connectivity index (χ4n) is 2.82. The average molecular weight is 389 g/mol. The Hall–Kier alpha value is -4.00. The van der Waals surface area contributed by atoms with Gasteiger partial charge in [0.05, 0.1) is 0 Å². The summed E-state index contributed by atoms with van der Waals surface area (Å²) in [6.45, 7) is 0.141. The highest BCUT2D eigenvalue weighted by molar-refractivity contribution is 6.00. The third kappa shape index (κ3) is 4.65. The molecule has 0 unspecified atom stereocenters. The van der Waals surface area contributed by atoms with E-state index in [0.717, 1.165) is 0 Å². The van der Waals surface area contributed by atoms with Gasteiger partial charge in [0, 0.05) is 17.1 Å². The van der Waals surface area contributed by atoms with Crippen molar-refractivity contribution in [2.75, 3.05) is 22.6 Å². The van der Waals surface area contributed by atoms with Gasteiger partial charge in [0.15, 0.2) is 11.5 Å². The van der Waals surface area contributed by atoms with Crippen LogP contribution < -0.4 is 25.4 Å². The Morgan fingerprint density at radius 2 is 1.24 bits per heavy atom. The van der Waals surface area contributed by atoms with Gasteiger partial charge >= 0.3 is 6.03 Å². The van der Waals surface area contributed by atoms with Gasteiger partial charge in [0.2, 0.25) is 6.10 Å². The van der Waals surface area contributed by atoms with Gasteiger partial charge in [-0.2, -0.15) is 0 Å². The lowest BCUT2D eigenvalue weighted by atomic mass is 10.2. The lowest BCUT2D eigenvalue weighted by molar-refractivity contribution is -0.125. The predicted octanol–water partition coefficient (Wildman–Crippen LogP) is 4.11. The van der Waals surface area contributed by atoms with Crippen molar-refractivity contribution in [3.05, 3.63) is 78.9 Å². The minimum Gasteiger partial charge on any atom is -0.485 e. The smallest absolute Gasteiger partial charge is 0.323 e. The quantitative estimate of drug-likeness (QED) is 0.627. The van der Waals surface area contributed by atoms with Crippen molar-refractivity contribution in [1.82, 2.24) is 0 Å². The predicted molar refractivity (Wildman–Crippen MR) is 111 cm³/mol. The largest absolute Gasteiger partial charge is 0.485 e. The molecule has 3 N–H and O–H groups in total. The zero-order valence-corrected chi connectivity index (χ0v) is 15.4. The Bertz CT molecular complexity index is 1010. The molecule has 0 saturated carbocycles. The molecule has 1 aliphatic heterocycles. The summed E-state index contributed by atoms with van der Waals surface area (Å²) < 4.78 is 11.3. The molecule has 0 saturated heterocycles. The zero-order chi connectivity index (χ0) is 20.1. The summed E-state index contributed by atoms with van der Waals surface area (Å²) in [7, 11) is 0. The van der Waals surface area contributed by atoms with E-state index in [4.69, 9.17) is 9.47 Å². The number of urea groups is 1. The van der Waals surface area contributed by atoms with E-state index in [-0.39, 0.29) is 18.5 Å². The minimum atomic E-state index is -0.737. The molecule has 1 aliphatic rings. The highest BCUT2D eigenvalue weighted by Crippen LogP contribution is 2.31. The fraction of sp³-hybridized carbons (Fsp3) is 0.0909. The number of para-hydroxylation sites is 3. The van der Waals surface area contributed by atoms with Crippen molar-refractivity contribution in [1.29, 1.82) is 0 Å². The number of rotatable bonds is 4. The van der Waals surface area contributed by atoms with E-state index in [1.807, 2.05) is 30.3 Å². The number of amides is 3. The van der Waals surface area contributed by atoms with E-state index in [1.165, 1.54) is 0 Å². The molecule has 3 amide bonds. The Kier molecular flexibility index (Phi) is 5.29. The van der Waals surface area contributed by atoms with E-state index in [0.29, 0.717) is 28.6 Å². The van der Waals surface area contributed by atoms with Crippen LogP contribution in [0.25, 0.3) is 0 Å². The molecule has 0 aromatic heterocycles. The summed E-state index contributed by atoms with van der Waals surface area (Å²) in [5.74, 6) is 0.866. The highest BCUT2D eigenvalue weighted by Gasteiger charge is 2.27. The highest BCUT2D eigenvalue weighted by atomic mass is 16.6. The molecule has 29 heavy (non-hydrogen) atoms. The molecular weight excluding hydrogens is 370 g/mol. The molecule has 0 aliphatic carbocycles. The Morgan fingerprint density at radius 1 is 0.690 bits per heavy atom. The molecular formula is C22H19N3O4. The normalized spacial score (nSPS) is 14.6. The number of hydrogen-bond donors (Lipinski definition) is 3. The van der Waals surface area contributed by atoms with Crippen molar-refractivity contribution in [2.24, 2.45) is 0 Å². The molecule has 0 fully saturated rings. The summed E-state index contributed by atoms with van der Waals surface area (Å²) in [6, 6.07) is 22.8. The third-order valence-electron chi connectivity index (χ3n) is 4.24. The number of ether oxygens (including phenoxy) is 2. The summed E-state index contributed by atoms with van der Waals surface area (Å²) in [4.78, 5) is 24.5. The van der Waals surface area contributed by atoms with Crippen molar-refractivity contribution >= 4 is 29.0 Å². The van der Waals surface area contributed by atoms with E-state index >= 15 is 0 Å². The van der Waals surface area contributed by atoms with E-state index < -0.39 is 6.10 Å². The van der Waals surface area contributed by atoms with Gasteiger partial charge in [-0.05, 0) is 48.5 Å². The molecule has 146 valence electrons. The maximum Gasteiger partial charge on any atom is 0.323 e. The van der Waals surface area contributed by atoms with Gasteiger partial charge in [-0.15, -0.1) is 0 Å². The summed E-state index contributed by atoms with van der Waals surface area (Å²) in [5, 5.41) is 8.27. The Labute approximate surface area is 167 Å². The second-order valence-electron chi connectivity index (χ2n) is 6.38. The fourth-order valence-corrected chi connectivity index (χ4v) is 2.82. The van der Waals surface area contributed by atoms with Crippen molar-refractivity contribution in [3.8, 4) is 11.5 Å². The van der Waals surface area contributed by atoms with Crippen LogP contribution in [0.1, 0.15) is 0 Å². The first-order valence-electron chi connectivity index (χ1n) is 9.10. The Balaban J connectivity index is 1.31. The SMILES string of the molecule is O=C(Nc1ccccc1)Nc1ccc(NC(=O)[C@H]2COc3ccccc3O2)cc1. The van der Waals surface area contributed by atoms with Crippen LogP contribution in [0.15, 0.2) is 78.9 Å². The van der Waals surface area contributed by atoms with Crippen LogP contribution in [-0.2, 0) is 4.79 Å². The second-order valence-corrected chi connectivity index (χ2v) is 6.38. The van der Waals surface area contributed by atoms with Gasteiger partial charge in [0.25, 0.3) is 5.91 Å². The van der Waals surface area contributed by atoms with E-state index in [1.54, 1.807) is 48.5 Å². The number of fused-ring (bicyclic) bond motifs is 1. The molecule has 1 heterocycles. The van der Waals surface area contributed by atoms with Gasteiger partial charge in [-0.3, -0.25) is 4.79 Å². The van der Waals surface area contributed by atoms with Gasteiger partial charge in [-0.1, -0.05) is 30.3 Å². The monoisotopic (exact) mass is 389 g/mol. The van der Waals surface area contributed by atoms with Gasteiger partial charge in [-0.25, -0.2) is 4.79 Å². The molecule has 4 rings (SSSR count). The van der Waals surface area contributed by atoms with Crippen molar-refractivity contribution in [3.63, 3.8) is 0 Å². The molecule has 7 heteroatoms. The number of hydrogen-bond acceptors (Lipinski definition) is 4. The topological polar surface area (TPSA) is 88.7 Å². The standard InChI is InChI=1S/C22H19N3O4/c26-21(20-14-28-18-8-4-5-9-19(18)29-20)23-16-10-12-17(13-11-16)25-22(27)24-15-6-2-1-3-7-15/h1-13,20H,14H2,(H,23,26)(H2,24,25,27)/t20-/m1/s1. The van der Waals surface area contributed by atoms with Crippen LogP contribution in [0.3, 0.4) is 0 Å². The third-order valence-corrected chi connectivity index (χ3v) is 4.24. The van der Waals surface area contributed by atoms with Crippen LogP contribution in [0.4, 0.5) is 21.9 Å². The molecule has 3 aromatic carbocycles. The van der Waals surface area contributed by atoms with E-state index in [2.05, 4.69) is 16.0 Å².